The summed E-state index contributed by atoms with van der Waals surface area (Å²) in [5, 5.41) is 15.7. The molecule has 0 bridgehead atoms. The van der Waals surface area contributed by atoms with Crippen molar-refractivity contribution in [3.63, 3.8) is 0 Å². The lowest BCUT2D eigenvalue weighted by molar-refractivity contribution is -0.147. The first kappa shape index (κ1) is 34.1. The summed E-state index contributed by atoms with van der Waals surface area (Å²) in [4.78, 5) is 45.2. The fourth-order valence-electron chi connectivity index (χ4n) is 6.73. The molecule has 0 radical (unpaired) electrons. The van der Waals surface area contributed by atoms with Crippen molar-refractivity contribution in [1.82, 2.24) is 24.9 Å². The Morgan fingerprint density at radius 2 is 1.71 bits per heavy atom. The molecule has 11 nitrogen and oxygen atoms in total. The summed E-state index contributed by atoms with van der Waals surface area (Å²) < 4.78 is 49.0. The number of aromatic amines is 1. The van der Waals surface area contributed by atoms with Gasteiger partial charge in [0.1, 0.15) is 5.75 Å². The molecule has 3 aromatic rings. The second-order valence-electron chi connectivity index (χ2n) is 13.5. The molecule has 2 saturated heterocycles. The van der Waals surface area contributed by atoms with Gasteiger partial charge < -0.3 is 29.4 Å². The number of piperazine rings is 1. The van der Waals surface area contributed by atoms with Gasteiger partial charge in [0.2, 0.25) is 5.91 Å². The molecule has 2 N–H and O–H groups in total. The molecule has 0 spiro atoms. The topological polar surface area (TPSA) is 122 Å². The zero-order chi connectivity index (χ0) is 34.9. The minimum absolute atomic E-state index is 0.0680. The maximum atomic E-state index is 14.3. The molecule has 2 aliphatic heterocycles. The van der Waals surface area contributed by atoms with E-state index in [1.165, 1.54) is 17.2 Å². The van der Waals surface area contributed by atoms with Crippen molar-refractivity contribution in [1.29, 1.82) is 0 Å². The lowest BCUT2D eigenvalue weighted by Gasteiger charge is -2.38. The van der Waals surface area contributed by atoms with Gasteiger partial charge in [-0.05, 0) is 68.9 Å². The third-order valence-corrected chi connectivity index (χ3v) is 9.54. The molecule has 1 saturated carbocycles. The number of amides is 3. The number of anilines is 1. The van der Waals surface area contributed by atoms with Crippen molar-refractivity contribution >= 4 is 23.6 Å². The van der Waals surface area contributed by atoms with Gasteiger partial charge in [0.05, 0.1) is 17.7 Å². The Kier molecular flexibility index (Phi) is 9.50. The molecule has 2 aromatic carbocycles. The van der Waals surface area contributed by atoms with Gasteiger partial charge in [0.25, 0.3) is 5.91 Å². The second-order valence-corrected chi connectivity index (χ2v) is 13.5. The first-order chi connectivity index (χ1) is 23.3. The van der Waals surface area contributed by atoms with Crippen LogP contribution in [-0.4, -0.2) is 98.8 Å². The highest BCUT2D eigenvalue weighted by molar-refractivity contribution is 5.85. The number of carbonyl (C=O) groups excluding carboxylic acids is 2. The van der Waals surface area contributed by atoms with E-state index in [0.29, 0.717) is 36.4 Å². The van der Waals surface area contributed by atoms with Crippen molar-refractivity contribution in [2.24, 2.45) is 5.92 Å². The Labute approximate surface area is 282 Å². The van der Waals surface area contributed by atoms with E-state index in [1.807, 2.05) is 18.2 Å². The largest absolute Gasteiger partial charge is 0.478 e. The van der Waals surface area contributed by atoms with E-state index in [1.54, 1.807) is 42.0 Å². The van der Waals surface area contributed by atoms with E-state index in [9.17, 15) is 32.7 Å². The third-order valence-electron chi connectivity index (χ3n) is 9.54. The standard InChI is InChI=1S/C35H41F3N6O5/c1-34(2,32(46)41-13-15-42(16-14-41)33(47)48)49-29-7-3-6-28(18-29)43-12-4-5-25(21-43)31(45)44(27-10-11-27)22-24-9-8-23(26-19-39-40-20-26)17-30(24)35(36,37)38/h3,6-9,17-20,25,27H,4-5,10-16,21-22H2,1-2H3,(H,39,40)(H,47,48)/t25-/m1/s1. The average Bonchev–Trinajstić information content (AvgIpc) is 3.78. The van der Waals surface area contributed by atoms with E-state index >= 15 is 0 Å². The van der Waals surface area contributed by atoms with Crippen LogP contribution < -0.4 is 9.64 Å². The zero-order valence-electron chi connectivity index (χ0n) is 27.6. The number of halogens is 3. The fraction of sp³-hybridized carbons (Fsp3) is 0.486. The van der Waals surface area contributed by atoms with Crippen LogP contribution in [0.2, 0.25) is 0 Å². The van der Waals surface area contributed by atoms with Gasteiger partial charge in [-0.15, -0.1) is 0 Å². The summed E-state index contributed by atoms with van der Waals surface area (Å²) in [6.07, 6.45) is 0.319. The number of carboxylic acid groups (broad SMARTS) is 1. The van der Waals surface area contributed by atoms with Gasteiger partial charge in [0.15, 0.2) is 5.60 Å². The molecule has 3 amide bonds. The average molecular weight is 683 g/mol. The number of benzene rings is 2. The van der Waals surface area contributed by atoms with E-state index in [4.69, 9.17) is 4.74 Å². The fourth-order valence-corrected chi connectivity index (χ4v) is 6.73. The molecule has 262 valence electrons. The lowest BCUT2D eigenvalue weighted by Crippen LogP contribution is -2.56. The van der Waals surface area contributed by atoms with Crippen molar-refractivity contribution in [3.05, 3.63) is 66.0 Å². The number of ether oxygens (including phenoxy) is 1. The molecule has 14 heteroatoms. The van der Waals surface area contributed by atoms with Crippen LogP contribution in [0.1, 0.15) is 50.7 Å². The number of aromatic nitrogens is 2. The number of hydrogen-bond donors (Lipinski definition) is 2. The van der Waals surface area contributed by atoms with Crippen LogP contribution >= 0.6 is 0 Å². The van der Waals surface area contributed by atoms with Crippen LogP contribution in [0.25, 0.3) is 11.1 Å². The van der Waals surface area contributed by atoms with Crippen LogP contribution in [0.15, 0.2) is 54.9 Å². The van der Waals surface area contributed by atoms with E-state index in [-0.39, 0.29) is 62.1 Å². The first-order valence-electron chi connectivity index (χ1n) is 16.6. The van der Waals surface area contributed by atoms with Gasteiger partial charge >= 0.3 is 12.3 Å². The minimum Gasteiger partial charge on any atom is -0.478 e. The van der Waals surface area contributed by atoms with Crippen LogP contribution in [-0.2, 0) is 22.3 Å². The van der Waals surface area contributed by atoms with Gasteiger partial charge in [0, 0.05) is 75.4 Å². The number of rotatable bonds is 9. The molecular weight excluding hydrogens is 641 g/mol. The normalized spacial score (nSPS) is 18.7. The number of H-pyrrole nitrogens is 1. The summed E-state index contributed by atoms with van der Waals surface area (Å²) in [6, 6.07) is 11.5. The minimum atomic E-state index is -4.59. The van der Waals surface area contributed by atoms with Crippen LogP contribution in [0.3, 0.4) is 0 Å². The van der Waals surface area contributed by atoms with Gasteiger partial charge in [-0.2, -0.15) is 18.3 Å². The number of piperidine rings is 1. The molecule has 3 fully saturated rings. The lowest BCUT2D eigenvalue weighted by atomic mass is 9.95. The van der Waals surface area contributed by atoms with Crippen molar-refractivity contribution in [2.45, 2.75) is 63.9 Å². The van der Waals surface area contributed by atoms with Crippen molar-refractivity contribution in [3.8, 4) is 16.9 Å². The predicted molar refractivity (Wildman–Crippen MR) is 175 cm³/mol. The second kappa shape index (κ2) is 13.6. The Hall–Kier alpha value is -4.75. The molecule has 6 rings (SSSR count). The number of nitrogens with zero attached hydrogens (tertiary/aromatic N) is 5. The van der Waals surface area contributed by atoms with E-state index < -0.39 is 23.4 Å². The Morgan fingerprint density at radius 1 is 0.980 bits per heavy atom. The molecule has 49 heavy (non-hydrogen) atoms. The maximum absolute atomic E-state index is 14.3. The smallest absolute Gasteiger partial charge is 0.416 e. The highest BCUT2D eigenvalue weighted by Gasteiger charge is 2.41. The highest BCUT2D eigenvalue weighted by atomic mass is 19.4. The monoisotopic (exact) mass is 682 g/mol. The van der Waals surface area contributed by atoms with Crippen LogP contribution in [0.5, 0.6) is 5.75 Å². The number of carbonyl (C=O) groups is 3. The van der Waals surface area contributed by atoms with E-state index in [2.05, 4.69) is 15.1 Å². The summed E-state index contributed by atoms with van der Waals surface area (Å²) in [5.74, 6) is -0.287. The number of hydrogen-bond acceptors (Lipinski definition) is 6. The maximum Gasteiger partial charge on any atom is 0.416 e. The molecule has 0 unspecified atom stereocenters. The molecule has 1 aliphatic carbocycles. The highest BCUT2D eigenvalue weighted by Crippen LogP contribution is 2.38. The van der Waals surface area contributed by atoms with Crippen molar-refractivity contribution < 1.29 is 37.4 Å². The Morgan fingerprint density at radius 3 is 2.37 bits per heavy atom. The Balaban J connectivity index is 1.13. The van der Waals surface area contributed by atoms with Crippen molar-refractivity contribution in [2.75, 3.05) is 44.2 Å². The molecule has 1 aromatic heterocycles. The predicted octanol–water partition coefficient (Wildman–Crippen LogP) is 5.48. The SMILES string of the molecule is CC(C)(Oc1cccc(N2CCC[C@@H](C(=O)N(Cc3ccc(-c4cn[nH]c4)cc3C(F)(F)F)C3CC3)C2)c1)C(=O)N1CCN(C(=O)O)CC1. The first-order valence-corrected chi connectivity index (χ1v) is 16.6. The van der Waals surface area contributed by atoms with Gasteiger partial charge in [-0.1, -0.05) is 18.2 Å². The van der Waals surface area contributed by atoms with Crippen LogP contribution in [0.4, 0.5) is 23.7 Å². The molecule has 3 aliphatic rings. The quantitative estimate of drug-likeness (QED) is 0.307. The summed E-state index contributed by atoms with van der Waals surface area (Å²) in [7, 11) is 0. The summed E-state index contributed by atoms with van der Waals surface area (Å²) in [6.45, 7) is 5.40. The molecular formula is C35H41F3N6O5. The Bertz CT molecular complexity index is 1670. The number of nitrogens with one attached hydrogen (secondary N) is 1. The number of alkyl halides is 3. The van der Waals surface area contributed by atoms with Gasteiger partial charge in [-0.3, -0.25) is 14.7 Å². The van der Waals surface area contributed by atoms with E-state index in [0.717, 1.165) is 31.0 Å². The summed E-state index contributed by atoms with van der Waals surface area (Å²) in [5.41, 5.74) is -0.124. The molecule has 1 atom stereocenters. The third kappa shape index (κ3) is 7.78. The summed E-state index contributed by atoms with van der Waals surface area (Å²) >= 11 is 0. The van der Waals surface area contributed by atoms with Crippen LogP contribution in [0, 0.1) is 5.92 Å². The zero-order valence-corrected chi connectivity index (χ0v) is 27.6. The van der Waals surface area contributed by atoms with Gasteiger partial charge in [-0.25, -0.2) is 4.79 Å². The molecule has 3 heterocycles.